The smallest absolute Gasteiger partial charge is 0.317 e. The molecule has 0 saturated carbocycles. The maximum atomic E-state index is 10.4. The Bertz CT molecular complexity index is 140. The van der Waals surface area contributed by atoms with Gasteiger partial charge < -0.3 is 5.11 Å². The molecule has 0 bridgehead atoms. The summed E-state index contributed by atoms with van der Waals surface area (Å²) in [7, 11) is 3.01. The minimum absolute atomic E-state index is 0.133. The van der Waals surface area contributed by atoms with E-state index in [0.717, 1.165) is 0 Å². The van der Waals surface area contributed by atoms with Gasteiger partial charge in [-0.25, -0.2) is 0 Å². The number of hydrogen-bond acceptors (Lipinski definition) is 3. The van der Waals surface area contributed by atoms with Crippen LogP contribution in [0.1, 0.15) is 27.7 Å². The van der Waals surface area contributed by atoms with Crippen molar-refractivity contribution in [3.8, 4) is 0 Å². The van der Waals surface area contributed by atoms with Gasteiger partial charge in [0.1, 0.15) is 5.25 Å². The van der Waals surface area contributed by atoms with E-state index >= 15 is 0 Å². The molecule has 0 rings (SSSR count). The fourth-order valence-electron chi connectivity index (χ4n) is 0.258. The molecule has 1 unspecified atom stereocenters. The second kappa shape index (κ2) is 4.26. The average molecular weight is 194 g/mol. The van der Waals surface area contributed by atoms with Crippen molar-refractivity contribution < 1.29 is 9.90 Å². The Labute approximate surface area is 75.5 Å². The lowest BCUT2D eigenvalue weighted by Crippen LogP contribution is -2.13. The van der Waals surface area contributed by atoms with Crippen LogP contribution in [0.3, 0.4) is 0 Å². The maximum Gasteiger partial charge on any atom is 0.317 e. The van der Waals surface area contributed by atoms with Gasteiger partial charge in [-0.05, 0) is 6.92 Å². The van der Waals surface area contributed by atoms with E-state index in [1.807, 2.05) is 0 Å². The van der Waals surface area contributed by atoms with Gasteiger partial charge in [0.15, 0.2) is 0 Å². The highest BCUT2D eigenvalue weighted by Crippen LogP contribution is 2.37. The molecule has 0 spiro atoms. The molecule has 0 saturated heterocycles. The van der Waals surface area contributed by atoms with Crippen LogP contribution in [0.25, 0.3) is 0 Å². The first-order valence-electron chi connectivity index (χ1n) is 3.40. The second-order valence-corrected chi connectivity index (χ2v) is 6.64. The summed E-state index contributed by atoms with van der Waals surface area (Å²) < 4.78 is 0.133. The molecule has 0 heterocycles. The molecular formula is C7H14O2S2. The van der Waals surface area contributed by atoms with Crippen molar-refractivity contribution >= 4 is 27.6 Å². The molecule has 0 amide bonds. The molecule has 1 atom stereocenters. The molecule has 0 aliphatic heterocycles. The van der Waals surface area contributed by atoms with E-state index in [9.17, 15) is 4.79 Å². The zero-order valence-corrected chi connectivity index (χ0v) is 8.88. The van der Waals surface area contributed by atoms with Crippen LogP contribution in [0.2, 0.25) is 0 Å². The first kappa shape index (κ1) is 11.2. The highest BCUT2D eigenvalue weighted by Gasteiger charge is 2.17. The quantitative estimate of drug-likeness (QED) is 0.701. The summed E-state index contributed by atoms with van der Waals surface area (Å²) in [4.78, 5) is 10.4. The predicted octanol–water partition coefficient (Wildman–Crippen LogP) is 2.64. The lowest BCUT2D eigenvalue weighted by atomic mass is 10.3. The first-order valence-corrected chi connectivity index (χ1v) is 5.61. The van der Waals surface area contributed by atoms with Gasteiger partial charge in [0.05, 0.1) is 0 Å². The summed E-state index contributed by atoms with van der Waals surface area (Å²) in [6, 6.07) is 0. The van der Waals surface area contributed by atoms with Crippen LogP contribution in [0.5, 0.6) is 0 Å². The topological polar surface area (TPSA) is 37.3 Å². The van der Waals surface area contributed by atoms with Crippen molar-refractivity contribution in [2.24, 2.45) is 0 Å². The van der Waals surface area contributed by atoms with E-state index in [0.29, 0.717) is 0 Å². The third-order valence-electron chi connectivity index (χ3n) is 0.790. The van der Waals surface area contributed by atoms with Gasteiger partial charge in [-0.1, -0.05) is 42.4 Å². The molecule has 0 radical (unpaired) electrons. The van der Waals surface area contributed by atoms with Crippen LogP contribution >= 0.6 is 21.6 Å². The molecule has 0 aromatic rings. The molecule has 2 nitrogen and oxygen atoms in total. The average Bonchev–Trinajstić information content (AvgIpc) is 1.80. The monoisotopic (exact) mass is 194 g/mol. The van der Waals surface area contributed by atoms with E-state index in [1.165, 1.54) is 10.8 Å². The minimum atomic E-state index is -0.744. The molecular weight excluding hydrogens is 180 g/mol. The SMILES string of the molecule is CC(SSC(C)(C)C)C(=O)O. The summed E-state index contributed by atoms with van der Waals surface area (Å²) in [5, 5.41) is 8.22. The van der Waals surface area contributed by atoms with E-state index in [-0.39, 0.29) is 10.00 Å². The first-order chi connectivity index (χ1) is 4.83. The Hall–Kier alpha value is 0.170. The summed E-state index contributed by atoms with van der Waals surface area (Å²) in [6.45, 7) is 7.91. The van der Waals surface area contributed by atoms with Gasteiger partial charge >= 0.3 is 5.97 Å². The van der Waals surface area contributed by atoms with E-state index in [1.54, 1.807) is 17.7 Å². The second-order valence-electron chi connectivity index (χ2n) is 3.27. The molecule has 0 aromatic heterocycles. The van der Waals surface area contributed by atoms with Crippen molar-refractivity contribution in [3.63, 3.8) is 0 Å². The number of hydrogen-bond donors (Lipinski definition) is 1. The molecule has 4 heteroatoms. The standard InChI is InChI=1S/C7H14O2S2/c1-5(6(8)9)10-11-7(2,3)4/h5H,1-4H3,(H,8,9). The maximum absolute atomic E-state index is 10.4. The Morgan fingerprint density at radius 3 is 2.18 bits per heavy atom. The molecule has 0 fully saturated rings. The highest BCUT2D eigenvalue weighted by molar-refractivity contribution is 8.77. The Kier molecular flexibility index (Phi) is 4.32. The molecule has 1 N–H and O–H groups in total. The van der Waals surface area contributed by atoms with Crippen molar-refractivity contribution in [3.05, 3.63) is 0 Å². The fourth-order valence-corrected chi connectivity index (χ4v) is 2.32. The minimum Gasteiger partial charge on any atom is -0.480 e. The Morgan fingerprint density at radius 1 is 1.45 bits per heavy atom. The van der Waals surface area contributed by atoms with Crippen LogP contribution in [0, 0.1) is 0 Å². The van der Waals surface area contributed by atoms with Gasteiger partial charge in [0.25, 0.3) is 0 Å². The number of carbonyl (C=O) groups is 1. The zero-order chi connectivity index (χ0) is 9.07. The fraction of sp³-hybridized carbons (Fsp3) is 0.857. The number of carboxylic acids is 1. The molecule has 0 aliphatic rings. The largest absolute Gasteiger partial charge is 0.480 e. The van der Waals surface area contributed by atoms with Crippen LogP contribution in [0.4, 0.5) is 0 Å². The van der Waals surface area contributed by atoms with E-state index in [2.05, 4.69) is 20.8 Å². The molecule has 0 aliphatic carbocycles. The van der Waals surface area contributed by atoms with Crippen LogP contribution in [-0.2, 0) is 4.79 Å². The normalized spacial score (nSPS) is 14.5. The summed E-state index contributed by atoms with van der Waals surface area (Å²) in [5.74, 6) is -0.744. The third-order valence-corrected chi connectivity index (χ3v) is 4.53. The van der Waals surface area contributed by atoms with Crippen molar-refractivity contribution in [1.82, 2.24) is 0 Å². The lowest BCUT2D eigenvalue weighted by Gasteiger charge is -2.17. The zero-order valence-electron chi connectivity index (χ0n) is 7.25. The Balaban J connectivity index is 3.63. The van der Waals surface area contributed by atoms with Crippen molar-refractivity contribution in [2.75, 3.05) is 0 Å². The molecule has 11 heavy (non-hydrogen) atoms. The van der Waals surface area contributed by atoms with Crippen LogP contribution in [-0.4, -0.2) is 21.1 Å². The van der Waals surface area contributed by atoms with Crippen LogP contribution < -0.4 is 0 Å². The molecule has 0 aromatic carbocycles. The van der Waals surface area contributed by atoms with Gasteiger partial charge in [-0.2, -0.15) is 0 Å². The molecule has 66 valence electrons. The number of carboxylic acid groups (broad SMARTS) is 1. The van der Waals surface area contributed by atoms with Gasteiger partial charge in [0, 0.05) is 4.75 Å². The highest BCUT2D eigenvalue weighted by atomic mass is 33.1. The summed E-state index contributed by atoms with van der Waals surface area (Å²) >= 11 is 0. The summed E-state index contributed by atoms with van der Waals surface area (Å²) in [6.07, 6.45) is 0. The van der Waals surface area contributed by atoms with Crippen LogP contribution in [0.15, 0.2) is 0 Å². The summed E-state index contributed by atoms with van der Waals surface area (Å²) in [5.41, 5.74) is 0. The predicted molar refractivity (Wildman–Crippen MR) is 52.0 cm³/mol. The van der Waals surface area contributed by atoms with Gasteiger partial charge in [0.2, 0.25) is 0 Å². The van der Waals surface area contributed by atoms with Crippen molar-refractivity contribution in [2.45, 2.75) is 37.7 Å². The van der Waals surface area contributed by atoms with Crippen molar-refractivity contribution in [1.29, 1.82) is 0 Å². The number of rotatable bonds is 3. The van der Waals surface area contributed by atoms with Gasteiger partial charge in [-0.15, -0.1) is 0 Å². The van der Waals surface area contributed by atoms with Gasteiger partial charge in [-0.3, -0.25) is 4.79 Å². The van der Waals surface area contributed by atoms with E-state index in [4.69, 9.17) is 5.11 Å². The number of aliphatic carboxylic acids is 1. The lowest BCUT2D eigenvalue weighted by molar-refractivity contribution is -0.136. The third kappa shape index (κ3) is 6.56. The Morgan fingerprint density at radius 2 is 1.91 bits per heavy atom. The van der Waals surface area contributed by atoms with E-state index < -0.39 is 5.97 Å².